The van der Waals surface area contributed by atoms with Gasteiger partial charge < -0.3 is 0 Å². The third-order valence-corrected chi connectivity index (χ3v) is 6.56. The largest absolute Gasteiger partial charge is 0.0622 e. The molecule has 0 bridgehead atoms. The molecular weight excluding hydrogens is 618 g/mol. The van der Waals surface area contributed by atoms with Crippen LogP contribution in [0.1, 0.15) is 6.42 Å². The topological polar surface area (TPSA) is 139 Å². The molecule has 0 spiro atoms. The van der Waals surface area contributed by atoms with Gasteiger partial charge in [0.25, 0.3) is 0 Å². The normalized spacial score (nSPS) is 11.0. The maximum atomic E-state index is 7.50. The minimum Gasteiger partial charge on any atom is -0.0622 e. The average Bonchev–Trinajstić information content (AvgIpc) is 3.84. The first-order valence-electron chi connectivity index (χ1n) is 10.1. The van der Waals surface area contributed by atoms with Crippen LogP contribution in [-0.2, 0) is 71.4 Å². The predicted octanol–water partition coefficient (Wildman–Crippen LogP) is 4.67. The van der Waals surface area contributed by atoms with E-state index >= 15 is 0 Å². The zero-order valence-electron chi connectivity index (χ0n) is 21.6. The Morgan fingerprint density at radius 2 is 0.707 bits per heavy atom. The number of benzene rings is 2. The van der Waals surface area contributed by atoms with Crippen molar-refractivity contribution in [1.82, 2.24) is 0 Å². The number of rotatable bonds is 5. The summed E-state index contributed by atoms with van der Waals surface area (Å²) in [5.41, 5.74) is 0. The van der Waals surface area contributed by atoms with Crippen molar-refractivity contribution >= 4 is 18.5 Å². The molecule has 205 valence electrons. The van der Waals surface area contributed by atoms with Crippen molar-refractivity contribution in [3.05, 3.63) is 171 Å². The standard InChI is InChI=1S/C19H18P.C5H5.7CO.Mn.Ti/c1-3-11-18(12-4-1)20(19-13-5-2-6-14-19)16-15-17-9-7-8-10-17;1-2-4-5-3-1;7*1-2;;/h1-14H,15-16H2;1-5H;;;;;;;;;. The minimum absolute atomic E-state index is 0. The van der Waals surface area contributed by atoms with Crippen molar-refractivity contribution < 1.29 is 71.4 Å². The maximum absolute atomic E-state index is 7.50. The second-order valence-corrected chi connectivity index (χ2v) is 8.16. The molecule has 0 amide bonds. The Kier molecular flexibility index (Phi) is 73.3. The Morgan fingerprint density at radius 3 is 0.976 bits per heavy atom. The summed E-state index contributed by atoms with van der Waals surface area (Å²) in [5, 5.41) is 2.94. The molecule has 0 N–H and O–H groups in total. The van der Waals surface area contributed by atoms with Gasteiger partial charge in [-0.05, 0) is 94.8 Å². The van der Waals surface area contributed by atoms with Crippen molar-refractivity contribution in [2.75, 3.05) is 6.16 Å². The van der Waals surface area contributed by atoms with E-state index in [0.717, 1.165) is 6.42 Å². The molecule has 2 aliphatic rings. The summed E-state index contributed by atoms with van der Waals surface area (Å²) in [6.45, 7) is 31.5. The second-order valence-electron chi connectivity index (χ2n) is 5.83. The van der Waals surface area contributed by atoms with Crippen LogP contribution < -0.4 is 10.6 Å². The predicted molar refractivity (Wildman–Crippen MR) is 138 cm³/mol. The second kappa shape index (κ2) is 54.4. The Labute approximate surface area is 272 Å². The minimum atomic E-state index is -0.256. The van der Waals surface area contributed by atoms with Crippen molar-refractivity contribution in [2.45, 2.75) is 6.42 Å². The van der Waals surface area contributed by atoms with Gasteiger partial charge in [0.15, 0.2) is 0 Å². The van der Waals surface area contributed by atoms with Crippen LogP contribution in [0.2, 0.25) is 0 Å². The quantitative estimate of drug-likeness (QED) is 0.194. The third-order valence-electron chi connectivity index (χ3n) is 4.05. The summed E-state index contributed by atoms with van der Waals surface area (Å²) in [4.78, 5) is 0. The molecule has 0 aliphatic heterocycles. The molecule has 0 heterocycles. The fourth-order valence-corrected chi connectivity index (χ4v) is 5.13. The van der Waals surface area contributed by atoms with E-state index in [1.54, 1.807) is 0 Å². The molecule has 0 aromatic heterocycles. The number of hydrogen-bond acceptors (Lipinski definition) is 0. The molecule has 7 nitrogen and oxygen atoms in total. The van der Waals surface area contributed by atoms with Crippen molar-refractivity contribution in [3.63, 3.8) is 0 Å². The molecule has 2 aliphatic carbocycles. The van der Waals surface area contributed by atoms with Gasteiger partial charge in [0, 0.05) is 38.8 Å². The van der Waals surface area contributed by atoms with Gasteiger partial charge in [0.1, 0.15) is 0 Å². The van der Waals surface area contributed by atoms with Gasteiger partial charge in [0.05, 0.1) is 0 Å². The first-order chi connectivity index (χ1) is 19.4. The van der Waals surface area contributed by atoms with E-state index < -0.39 is 0 Å². The van der Waals surface area contributed by atoms with E-state index in [0.29, 0.717) is 0 Å². The molecule has 2 aromatic rings. The summed E-state index contributed by atoms with van der Waals surface area (Å²) in [6, 6.07) is 21.9. The van der Waals surface area contributed by atoms with Crippen LogP contribution in [0.3, 0.4) is 0 Å². The number of hydrogen-bond donors (Lipinski definition) is 0. The molecular formula is C31H23MnO7PTi. The van der Waals surface area contributed by atoms with Gasteiger partial charge in [-0.3, -0.25) is 0 Å². The molecule has 4 rings (SSSR count). The van der Waals surface area contributed by atoms with Crippen LogP contribution in [0.4, 0.5) is 0 Å². The van der Waals surface area contributed by atoms with Crippen LogP contribution in [-0.4, -0.2) is 6.16 Å². The Bertz CT molecular complexity index is 782. The van der Waals surface area contributed by atoms with E-state index in [-0.39, 0.29) is 46.7 Å². The van der Waals surface area contributed by atoms with E-state index in [4.69, 9.17) is 32.6 Å². The molecule has 2 saturated carbocycles. The van der Waals surface area contributed by atoms with Crippen molar-refractivity contribution in [3.8, 4) is 0 Å². The zero-order chi connectivity index (χ0) is 31.2. The summed E-state index contributed by atoms with van der Waals surface area (Å²) in [7, 11) is -0.256. The van der Waals surface area contributed by atoms with Gasteiger partial charge in [-0.1, -0.05) is 60.7 Å². The van der Waals surface area contributed by atoms with Gasteiger partial charge >= 0.3 is 79.1 Å². The van der Waals surface area contributed by atoms with Crippen LogP contribution in [0.25, 0.3) is 0 Å². The molecule has 11 radical (unpaired) electrons. The molecule has 10 heteroatoms. The van der Waals surface area contributed by atoms with Crippen LogP contribution in [0.15, 0.2) is 60.7 Å². The zero-order valence-corrected chi connectivity index (χ0v) is 25.2. The van der Waals surface area contributed by atoms with Crippen LogP contribution in [0, 0.1) is 110 Å². The summed E-state index contributed by atoms with van der Waals surface area (Å²) >= 11 is 0. The Hall–Kier alpha value is -1.72. The monoisotopic (exact) mass is 641 g/mol. The summed E-state index contributed by atoms with van der Waals surface area (Å²) in [5.74, 6) is 1.45. The van der Waals surface area contributed by atoms with Crippen LogP contribution >= 0.6 is 7.92 Å². The Balaban J connectivity index is -0.0000000929. The molecule has 0 saturated heterocycles. The van der Waals surface area contributed by atoms with E-state index in [1.807, 2.05) is 32.1 Å². The van der Waals surface area contributed by atoms with E-state index in [1.165, 1.54) is 22.7 Å². The molecule has 0 atom stereocenters. The first-order valence-corrected chi connectivity index (χ1v) is 11.6. The molecule has 0 unspecified atom stereocenters. The van der Waals surface area contributed by atoms with E-state index in [2.05, 4.69) is 133 Å². The van der Waals surface area contributed by atoms with Gasteiger partial charge in [0.2, 0.25) is 0 Å². The first kappa shape index (κ1) is 55.2. The van der Waals surface area contributed by atoms with Crippen molar-refractivity contribution in [1.29, 1.82) is 0 Å². The molecule has 41 heavy (non-hydrogen) atoms. The smallest absolute Gasteiger partial charge is 0 e. The van der Waals surface area contributed by atoms with E-state index in [9.17, 15) is 0 Å². The molecule has 2 fully saturated rings. The van der Waals surface area contributed by atoms with Gasteiger partial charge in [-0.2, -0.15) is 0 Å². The summed E-state index contributed by atoms with van der Waals surface area (Å²) < 4.78 is 52.5. The maximum Gasteiger partial charge on any atom is 0 e. The van der Waals surface area contributed by atoms with Crippen molar-refractivity contribution in [2.24, 2.45) is 0 Å². The average molecular weight is 641 g/mol. The fourth-order valence-electron chi connectivity index (χ4n) is 2.77. The SMILES string of the molecule is [C-]#[O+].[C-]#[O+].[C-]#[O+].[C-]#[O+].[C-]#[O+].[C-]#[O+].[C-]#[O+].[CH]1[CH][CH][CH][CH]1.[CH]1[CH][CH][C](CCP(c2ccccc2)c2ccccc2)[CH]1.[Mn].[Ti]. The third kappa shape index (κ3) is 32.7. The molecule has 2 aromatic carbocycles. The van der Waals surface area contributed by atoms with Crippen LogP contribution in [0.5, 0.6) is 0 Å². The summed E-state index contributed by atoms with van der Waals surface area (Å²) in [6.07, 6.45) is 21.1. The fraction of sp³-hybridized carbons (Fsp3) is 0.0645. The Morgan fingerprint density at radius 1 is 0.439 bits per heavy atom. The van der Waals surface area contributed by atoms with Gasteiger partial charge in [-0.25, -0.2) is 0 Å². The van der Waals surface area contributed by atoms with Gasteiger partial charge in [-0.15, -0.1) is 0 Å².